The zero-order valence-electron chi connectivity index (χ0n) is 11.4. The largest absolute Gasteiger partial charge is 0.435 e. The van der Waals surface area contributed by atoms with Gasteiger partial charge in [0.15, 0.2) is 0 Å². The number of hydrogen-bond acceptors (Lipinski definition) is 1. The van der Waals surface area contributed by atoms with Crippen LogP contribution in [0.3, 0.4) is 0 Å². The average Bonchev–Trinajstić information content (AvgIpc) is 2.47. The number of aryl methyl sites for hydroxylation is 1. The monoisotopic (exact) mass is 292 g/mol. The van der Waals surface area contributed by atoms with E-state index in [9.17, 15) is 13.2 Å². The molecule has 0 bridgehead atoms. The van der Waals surface area contributed by atoms with Crippen LogP contribution in [0.2, 0.25) is 0 Å². The van der Waals surface area contributed by atoms with E-state index in [2.05, 4.69) is 11.3 Å². The van der Waals surface area contributed by atoms with Gasteiger partial charge in [-0.1, -0.05) is 24.3 Å². The minimum atomic E-state index is -2.87. The average molecular weight is 292 g/mol. The van der Waals surface area contributed by atoms with Gasteiger partial charge in [-0.15, -0.1) is 6.58 Å². The predicted molar refractivity (Wildman–Crippen MR) is 77.0 cm³/mol. The molecule has 0 heterocycles. The van der Waals surface area contributed by atoms with E-state index in [1.807, 2.05) is 0 Å². The summed E-state index contributed by atoms with van der Waals surface area (Å²) in [4.78, 5) is 0. The van der Waals surface area contributed by atoms with E-state index in [1.165, 1.54) is 18.2 Å². The zero-order valence-corrected chi connectivity index (χ0v) is 11.4. The van der Waals surface area contributed by atoms with Crippen molar-refractivity contribution < 1.29 is 17.9 Å². The first kappa shape index (κ1) is 15.2. The highest BCUT2D eigenvalue weighted by Gasteiger charge is 2.08. The molecule has 0 N–H and O–H groups in total. The number of rotatable bonds is 6. The Hall–Kier alpha value is -2.23. The number of hydrogen-bond donors (Lipinski definition) is 0. The van der Waals surface area contributed by atoms with Crippen molar-refractivity contribution in [3.8, 4) is 16.9 Å². The second kappa shape index (κ2) is 6.97. The Kier molecular flexibility index (Phi) is 5.04. The minimum Gasteiger partial charge on any atom is -0.435 e. The van der Waals surface area contributed by atoms with E-state index >= 15 is 0 Å². The smallest absolute Gasteiger partial charge is 0.387 e. The van der Waals surface area contributed by atoms with Crippen molar-refractivity contribution in [2.24, 2.45) is 0 Å². The van der Waals surface area contributed by atoms with Gasteiger partial charge >= 0.3 is 6.61 Å². The Labute approximate surface area is 121 Å². The number of benzene rings is 2. The number of ether oxygens (including phenoxy) is 1. The van der Waals surface area contributed by atoms with Crippen molar-refractivity contribution in [1.82, 2.24) is 0 Å². The summed E-state index contributed by atoms with van der Waals surface area (Å²) in [5, 5.41) is 0. The highest BCUT2D eigenvalue weighted by Crippen LogP contribution is 2.27. The molecule has 0 radical (unpaired) electrons. The number of allylic oxidation sites excluding steroid dienone is 1. The Morgan fingerprint density at radius 2 is 1.81 bits per heavy atom. The highest BCUT2D eigenvalue weighted by molar-refractivity contribution is 5.65. The van der Waals surface area contributed by atoms with E-state index in [0.29, 0.717) is 11.1 Å². The van der Waals surface area contributed by atoms with Crippen molar-refractivity contribution >= 4 is 0 Å². The number of alkyl halides is 2. The fraction of sp³-hybridized carbons (Fsp3) is 0.176. The summed E-state index contributed by atoms with van der Waals surface area (Å²) in [6, 6.07) is 10.8. The van der Waals surface area contributed by atoms with Crippen molar-refractivity contribution in [2.45, 2.75) is 19.5 Å². The molecule has 0 fully saturated rings. The molecule has 0 atom stereocenters. The standard InChI is InChI=1S/C17H15F3O/c1-2-3-4-12-5-10-16(18)15(11-12)13-6-8-14(9-7-13)21-17(19)20/h2,5-11,17H,1,3-4H2. The van der Waals surface area contributed by atoms with E-state index < -0.39 is 6.61 Å². The normalized spacial score (nSPS) is 10.7. The lowest BCUT2D eigenvalue weighted by molar-refractivity contribution is -0.0498. The van der Waals surface area contributed by atoms with Gasteiger partial charge in [0.2, 0.25) is 0 Å². The molecule has 0 saturated heterocycles. The summed E-state index contributed by atoms with van der Waals surface area (Å²) in [6.07, 6.45) is 3.40. The van der Waals surface area contributed by atoms with Crippen molar-refractivity contribution in [3.05, 3.63) is 66.5 Å². The molecule has 0 aliphatic heterocycles. The molecular weight excluding hydrogens is 277 g/mol. The molecule has 0 aromatic heterocycles. The Morgan fingerprint density at radius 3 is 2.43 bits per heavy atom. The first-order valence-corrected chi connectivity index (χ1v) is 6.54. The maximum Gasteiger partial charge on any atom is 0.387 e. The Balaban J connectivity index is 2.25. The second-order valence-electron chi connectivity index (χ2n) is 4.54. The first-order chi connectivity index (χ1) is 10.1. The molecule has 21 heavy (non-hydrogen) atoms. The van der Waals surface area contributed by atoms with E-state index in [-0.39, 0.29) is 11.6 Å². The van der Waals surface area contributed by atoms with Crippen LogP contribution >= 0.6 is 0 Å². The van der Waals surface area contributed by atoms with Gasteiger partial charge in [-0.2, -0.15) is 8.78 Å². The zero-order chi connectivity index (χ0) is 15.2. The molecule has 4 heteroatoms. The summed E-state index contributed by atoms with van der Waals surface area (Å²) in [5.74, 6) is -0.295. The van der Waals surface area contributed by atoms with Crippen LogP contribution in [-0.4, -0.2) is 6.61 Å². The van der Waals surface area contributed by atoms with Gasteiger partial charge < -0.3 is 4.74 Å². The van der Waals surface area contributed by atoms with Gasteiger partial charge in [0, 0.05) is 5.56 Å². The van der Waals surface area contributed by atoms with Crippen molar-refractivity contribution in [3.63, 3.8) is 0 Å². The molecule has 0 aliphatic carbocycles. The molecule has 2 aromatic rings. The number of halogens is 3. The molecule has 2 rings (SSSR count). The topological polar surface area (TPSA) is 9.23 Å². The Morgan fingerprint density at radius 1 is 1.10 bits per heavy atom. The van der Waals surface area contributed by atoms with Crippen LogP contribution < -0.4 is 4.74 Å². The van der Waals surface area contributed by atoms with E-state index in [4.69, 9.17) is 0 Å². The van der Waals surface area contributed by atoms with Crippen LogP contribution in [0.15, 0.2) is 55.1 Å². The third-order valence-electron chi connectivity index (χ3n) is 3.06. The van der Waals surface area contributed by atoms with E-state index in [0.717, 1.165) is 18.4 Å². The van der Waals surface area contributed by atoms with Gasteiger partial charge in [-0.3, -0.25) is 0 Å². The highest BCUT2D eigenvalue weighted by atomic mass is 19.3. The van der Waals surface area contributed by atoms with Crippen LogP contribution in [0.25, 0.3) is 11.1 Å². The summed E-state index contributed by atoms with van der Waals surface area (Å²) < 4.78 is 42.4. The molecule has 110 valence electrons. The van der Waals surface area contributed by atoms with Gasteiger partial charge in [0.25, 0.3) is 0 Å². The summed E-state index contributed by atoms with van der Waals surface area (Å²) in [6.45, 7) is 0.792. The molecule has 0 amide bonds. The van der Waals surface area contributed by atoms with Crippen LogP contribution in [0.5, 0.6) is 5.75 Å². The van der Waals surface area contributed by atoms with Gasteiger partial charge in [0.1, 0.15) is 11.6 Å². The molecular formula is C17H15F3O. The molecule has 0 unspecified atom stereocenters. The molecule has 0 aliphatic rings. The predicted octanol–water partition coefficient (Wildman–Crippen LogP) is 5.21. The fourth-order valence-electron chi connectivity index (χ4n) is 2.03. The van der Waals surface area contributed by atoms with Gasteiger partial charge in [-0.25, -0.2) is 4.39 Å². The maximum absolute atomic E-state index is 13.9. The summed E-state index contributed by atoms with van der Waals surface area (Å²) in [5.41, 5.74) is 2.06. The summed E-state index contributed by atoms with van der Waals surface area (Å²) in [7, 11) is 0. The lowest BCUT2D eigenvalue weighted by Gasteiger charge is -2.08. The van der Waals surface area contributed by atoms with E-state index in [1.54, 1.807) is 30.3 Å². The lowest BCUT2D eigenvalue weighted by atomic mass is 10.0. The molecule has 1 nitrogen and oxygen atoms in total. The van der Waals surface area contributed by atoms with Crippen molar-refractivity contribution in [2.75, 3.05) is 0 Å². The van der Waals surface area contributed by atoms with Crippen LogP contribution in [0.1, 0.15) is 12.0 Å². The van der Waals surface area contributed by atoms with Gasteiger partial charge in [-0.05, 0) is 48.2 Å². The van der Waals surface area contributed by atoms with Crippen molar-refractivity contribution in [1.29, 1.82) is 0 Å². The van der Waals surface area contributed by atoms with Crippen LogP contribution in [0.4, 0.5) is 13.2 Å². The molecule has 0 spiro atoms. The summed E-state index contributed by atoms with van der Waals surface area (Å²) >= 11 is 0. The quantitative estimate of drug-likeness (QED) is 0.664. The molecule has 0 saturated carbocycles. The fourth-order valence-corrected chi connectivity index (χ4v) is 2.03. The third kappa shape index (κ3) is 4.12. The molecule has 2 aromatic carbocycles. The first-order valence-electron chi connectivity index (χ1n) is 6.54. The SMILES string of the molecule is C=CCCc1ccc(F)c(-c2ccc(OC(F)F)cc2)c1. The maximum atomic E-state index is 13.9. The third-order valence-corrected chi connectivity index (χ3v) is 3.06. The Bertz CT molecular complexity index is 606. The minimum absolute atomic E-state index is 0.0528. The van der Waals surface area contributed by atoms with Crippen LogP contribution in [0, 0.1) is 5.82 Å². The van der Waals surface area contributed by atoms with Gasteiger partial charge in [0.05, 0.1) is 0 Å². The van der Waals surface area contributed by atoms with Crippen LogP contribution in [-0.2, 0) is 6.42 Å². The lowest BCUT2D eigenvalue weighted by Crippen LogP contribution is -2.01. The second-order valence-corrected chi connectivity index (χ2v) is 4.54.